The predicted molar refractivity (Wildman–Crippen MR) is 31.7 cm³/mol. The zero-order valence-corrected chi connectivity index (χ0v) is 6.23. The molecule has 0 bridgehead atoms. The summed E-state index contributed by atoms with van der Waals surface area (Å²) in [6.07, 6.45) is 2.89. The van der Waals surface area contributed by atoms with Crippen LogP contribution in [0, 0.1) is 0 Å². The molecule has 0 aromatic rings. The number of hydrogen-bond donors (Lipinski definition) is 1. The minimum Gasteiger partial charge on any atom is -0.722 e. The summed E-state index contributed by atoms with van der Waals surface area (Å²) in [6, 6.07) is 0. The van der Waals surface area contributed by atoms with E-state index in [1.807, 2.05) is 0 Å². The van der Waals surface area contributed by atoms with Gasteiger partial charge in [-0.25, -0.2) is 8.42 Å². The molecule has 1 fully saturated rings. The van der Waals surface area contributed by atoms with Gasteiger partial charge in [-0.05, 0) is 0 Å². The van der Waals surface area contributed by atoms with Gasteiger partial charge in [-0.3, -0.25) is 0 Å². The fourth-order valence-corrected chi connectivity index (χ4v) is 0.722. The van der Waals surface area contributed by atoms with Crippen LogP contribution in [-0.2, 0) is 10.5 Å². The van der Waals surface area contributed by atoms with Gasteiger partial charge in [0.2, 0.25) is 0 Å². The molecular weight excluding hydrogens is 161 g/mol. The Morgan fingerprint density at radius 3 is 1.70 bits per heavy atom. The van der Waals surface area contributed by atoms with Crippen LogP contribution in [0.2, 0.25) is 0 Å². The van der Waals surface area contributed by atoms with E-state index >= 15 is 0 Å². The standard InChI is InChI=1S/C4H9N.FHO3S/c1-2-4-5-3-1;1-5(2,3)4/h5H,1-4H2;(H,2,3,4). The highest BCUT2D eigenvalue weighted by Crippen LogP contribution is 1.82. The lowest BCUT2D eigenvalue weighted by molar-refractivity contribution is -0.635. The van der Waals surface area contributed by atoms with Crippen molar-refractivity contribution in [3.63, 3.8) is 0 Å². The van der Waals surface area contributed by atoms with E-state index in [4.69, 9.17) is 13.0 Å². The first-order valence-electron chi connectivity index (χ1n) is 2.97. The highest BCUT2D eigenvalue weighted by atomic mass is 32.3. The van der Waals surface area contributed by atoms with Crippen molar-refractivity contribution in [2.45, 2.75) is 12.8 Å². The van der Waals surface area contributed by atoms with E-state index in [-0.39, 0.29) is 0 Å². The van der Waals surface area contributed by atoms with Crippen molar-refractivity contribution in [1.82, 2.24) is 0 Å². The molecule has 1 heterocycles. The summed E-state index contributed by atoms with van der Waals surface area (Å²) in [5.74, 6) is 0. The van der Waals surface area contributed by atoms with Crippen molar-refractivity contribution in [2.75, 3.05) is 13.1 Å². The second kappa shape index (κ2) is 4.59. The van der Waals surface area contributed by atoms with Crippen LogP contribution in [0.4, 0.5) is 3.89 Å². The highest BCUT2D eigenvalue weighted by Gasteiger charge is 1.97. The molecule has 0 saturated carbocycles. The molecule has 1 aliphatic rings. The van der Waals surface area contributed by atoms with Crippen LogP contribution < -0.4 is 5.32 Å². The predicted octanol–water partition coefficient (Wildman–Crippen LogP) is -1.24. The van der Waals surface area contributed by atoms with Crippen LogP contribution >= 0.6 is 0 Å². The summed E-state index contributed by atoms with van der Waals surface area (Å²) in [5.41, 5.74) is 0. The number of hydrogen-bond acceptors (Lipinski definition) is 3. The molecule has 2 N–H and O–H groups in total. The van der Waals surface area contributed by atoms with Gasteiger partial charge in [0.05, 0.1) is 13.1 Å². The molecule has 0 atom stereocenters. The molecule has 0 unspecified atom stereocenters. The first-order valence-corrected chi connectivity index (χ1v) is 4.28. The summed E-state index contributed by atoms with van der Waals surface area (Å²) >= 11 is 0. The molecule has 0 spiro atoms. The van der Waals surface area contributed by atoms with Gasteiger partial charge < -0.3 is 9.87 Å². The molecule has 10 heavy (non-hydrogen) atoms. The van der Waals surface area contributed by atoms with Gasteiger partial charge in [0, 0.05) is 12.8 Å². The maximum absolute atomic E-state index is 10.1. The summed E-state index contributed by atoms with van der Waals surface area (Å²) in [6.45, 7) is 2.75. The van der Waals surface area contributed by atoms with Crippen LogP contribution in [0.5, 0.6) is 0 Å². The molecule has 0 aliphatic carbocycles. The smallest absolute Gasteiger partial charge is 0.255 e. The summed E-state index contributed by atoms with van der Waals surface area (Å²) in [4.78, 5) is 0. The van der Waals surface area contributed by atoms with Crippen molar-refractivity contribution in [3.8, 4) is 0 Å². The maximum Gasteiger partial charge on any atom is 0.255 e. The summed E-state index contributed by atoms with van der Waals surface area (Å²) < 4.78 is 35.3. The van der Waals surface area contributed by atoms with Crippen LogP contribution in [0.3, 0.4) is 0 Å². The second-order valence-electron chi connectivity index (χ2n) is 1.97. The summed E-state index contributed by atoms with van der Waals surface area (Å²) in [5, 5.41) is 2.36. The van der Waals surface area contributed by atoms with E-state index in [9.17, 15) is 3.89 Å². The van der Waals surface area contributed by atoms with Crippen molar-refractivity contribution in [1.29, 1.82) is 0 Å². The fourth-order valence-electron chi connectivity index (χ4n) is 0.722. The third-order valence-corrected chi connectivity index (χ3v) is 1.07. The van der Waals surface area contributed by atoms with Gasteiger partial charge >= 0.3 is 0 Å². The Bertz CT molecular complexity index is 148. The molecule has 62 valence electrons. The van der Waals surface area contributed by atoms with Crippen LogP contribution in [0.1, 0.15) is 12.8 Å². The molecule has 1 rings (SSSR count). The minimum atomic E-state index is -5.42. The molecular formula is C4H10FNO3S. The number of quaternary nitrogens is 1. The van der Waals surface area contributed by atoms with Gasteiger partial charge in [0.25, 0.3) is 10.5 Å². The van der Waals surface area contributed by atoms with E-state index in [0.717, 1.165) is 0 Å². The van der Waals surface area contributed by atoms with Crippen LogP contribution in [-0.4, -0.2) is 26.1 Å². The van der Waals surface area contributed by atoms with Crippen LogP contribution in [0.15, 0.2) is 0 Å². The average molecular weight is 171 g/mol. The van der Waals surface area contributed by atoms with E-state index in [2.05, 4.69) is 5.32 Å². The fraction of sp³-hybridized carbons (Fsp3) is 1.00. The SMILES string of the molecule is C1CC[NH2+]C1.O=S(=O)([O-])F. The normalized spacial score (nSPS) is 17.8. The van der Waals surface area contributed by atoms with Crippen molar-refractivity contribution in [2.24, 2.45) is 0 Å². The monoisotopic (exact) mass is 171 g/mol. The molecule has 1 aliphatic heterocycles. The zero-order valence-electron chi connectivity index (χ0n) is 5.42. The van der Waals surface area contributed by atoms with E-state index in [0.29, 0.717) is 0 Å². The Morgan fingerprint density at radius 2 is 1.60 bits per heavy atom. The number of nitrogens with two attached hydrogens (primary N) is 1. The lowest BCUT2D eigenvalue weighted by Crippen LogP contribution is -2.80. The minimum absolute atomic E-state index is 1.38. The maximum atomic E-state index is 10.1. The van der Waals surface area contributed by atoms with E-state index in [1.165, 1.54) is 25.9 Å². The number of rotatable bonds is 0. The largest absolute Gasteiger partial charge is 0.722 e. The molecule has 6 heteroatoms. The Kier molecular flexibility index (Phi) is 4.50. The molecule has 0 radical (unpaired) electrons. The quantitative estimate of drug-likeness (QED) is 0.366. The van der Waals surface area contributed by atoms with Gasteiger partial charge in [0.15, 0.2) is 0 Å². The Balaban J connectivity index is 0.000000162. The third kappa shape index (κ3) is 15.7. The highest BCUT2D eigenvalue weighted by molar-refractivity contribution is 7.80. The first-order chi connectivity index (χ1) is 4.50. The Morgan fingerprint density at radius 1 is 1.30 bits per heavy atom. The van der Waals surface area contributed by atoms with Crippen molar-refractivity contribution in [3.05, 3.63) is 0 Å². The second-order valence-corrected chi connectivity index (χ2v) is 2.75. The number of halogens is 1. The average Bonchev–Trinajstić information content (AvgIpc) is 2.07. The molecule has 1 saturated heterocycles. The van der Waals surface area contributed by atoms with E-state index < -0.39 is 10.5 Å². The first kappa shape index (κ1) is 9.80. The third-order valence-electron chi connectivity index (χ3n) is 1.07. The van der Waals surface area contributed by atoms with Gasteiger partial charge in [-0.15, -0.1) is 3.89 Å². The Hall–Kier alpha value is -0.200. The van der Waals surface area contributed by atoms with E-state index in [1.54, 1.807) is 0 Å². The lowest BCUT2D eigenvalue weighted by Gasteiger charge is -1.84. The van der Waals surface area contributed by atoms with Crippen LogP contribution in [0.25, 0.3) is 0 Å². The summed E-state index contributed by atoms with van der Waals surface area (Å²) in [7, 11) is -5.42. The van der Waals surface area contributed by atoms with Gasteiger partial charge in [-0.1, -0.05) is 0 Å². The molecule has 0 aromatic heterocycles. The van der Waals surface area contributed by atoms with Crippen molar-refractivity contribution < 1.29 is 22.2 Å². The zero-order chi connectivity index (χ0) is 8.04. The van der Waals surface area contributed by atoms with Crippen molar-refractivity contribution >= 4 is 10.5 Å². The van der Waals surface area contributed by atoms with Gasteiger partial charge in [-0.2, -0.15) is 0 Å². The lowest BCUT2D eigenvalue weighted by atomic mass is 10.4. The van der Waals surface area contributed by atoms with Gasteiger partial charge in [0.1, 0.15) is 0 Å². The Labute approximate surface area is 59.5 Å². The topological polar surface area (TPSA) is 73.8 Å². The molecule has 4 nitrogen and oxygen atoms in total. The molecule has 0 amide bonds. The molecule has 0 aromatic carbocycles.